The number of rotatable bonds is 8. The Morgan fingerprint density at radius 1 is 1.22 bits per heavy atom. The van der Waals surface area contributed by atoms with E-state index in [0.717, 1.165) is 31.6 Å². The van der Waals surface area contributed by atoms with Crippen LogP contribution in [0.15, 0.2) is 0 Å². The largest absolute Gasteiger partial charge is 0.324 e. The standard InChI is InChI=1S/C14H27N3S/c1-5-11(15)14-12(6-2)16-17(13(14)7-3)9-10-18-8-4/h11H,5-10,15H2,1-4H3. The van der Waals surface area contributed by atoms with Crippen molar-refractivity contribution in [1.82, 2.24) is 9.78 Å². The number of hydrogen-bond donors (Lipinski definition) is 1. The highest BCUT2D eigenvalue weighted by atomic mass is 32.2. The van der Waals surface area contributed by atoms with Crippen LogP contribution in [0, 0.1) is 0 Å². The zero-order valence-electron chi connectivity index (χ0n) is 12.2. The summed E-state index contributed by atoms with van der Waals surface area (Å²) in [7, 11) is 0. The highest BCUT2D eigenvalue weighted by Crippen LogP contribution is 2.24. The van der Waals surface area contributed by atoms with Gasteiger partial charge in [-0.2, -0.15) is 16.9 Å². The monoisotopic (exact) mass is 269 g/mol. The zero-order chi connectivity index (χ0) is 13.5. The van der Waals surface area contributed by atoms with Gasteiger partial charge in [0.2, 0.25) is 0 Å². The number of thioether (sulfide) groups is 1. The van der Waals surface area contributed by atoms with Gasteiger partial charge >= 0.3 is 0 Å². The summed E-state index contributed by atoms with van der Waals surface area (Å²) in [4.78, 5) is 0. The van der Waals surface area contributed by atoms with Gasteiger partial charge < -0.3 is 5.73 Å². The van der Waals surface area contributed by atoms with Crippen molar-refractivity contribution in [3.63, 3.8) is 0 Å². The summed E-state index contributed by atoms with van der Waals surface area (Å²) in [5.74, 6) is 2.31. The second-order valence-corrected chi connectivity index (χ2v) is 5.84. The Balaban J connectivity index is 3.00. The van der Waals surface area contributed by atoms with Crippen molar-refractivity contribution in [1.29, 1.82) is 0 Å². The van der Waals surface area contributed by atoms with Crippen LogP contribution < -0.4 is 5.73 Å². The molecule has 0 aliphatic heterocycles. The zero-order valence-corrected chi connectivity index (χ0v) is 13.0. The van der Waals surface area contributed by atoms with Crippen LogP contribution in [0.1, 0.15) is 57.1 Å². The fraction of sp³-hybridized carbons (Fsp3) is 0.786. The van der Waals surface area contributed by atoms with Crippen LogP contribution in [0.4, 0.5) is 0 Å². The Morgan fingerprint density at radius 3 is 2.44 bits per heavy atom. The van der Waals surface area contributed by atoms with Crippen LogP contribution in [0.5, 0.6) is 0 Å². The SMILES string of the molecule is CCSCCn1nc(CC)c(C(N)CC)c1CC. The number of nitrogens with two attached hydrogens (primary N) is 1. The Bertz CT molecular complexity index is 360. The fourth-order valence-corrected chi connectivity index (χ4v) is 2.90. The van der Waals surface area contributed by atoms with Crippen LogP contribution in [0.3, 0.4) is 0 Å². The lowest BCUT2D eigenvalue weighted by molar-refractivity contribution is 0.617. The summed E-state index contributed by atoms with van der Waals surface area (Å²) < 4.78 is 2.19. The molecule has 0 aromatic carbocycles. The topological polar surface area (TPSA) is 43.8 Å². The van der Waals surface area contributed by atoms with Gasteiger partial charge in [-0.15, -0.1) is 0 Å². The predicted molar refractivity (Wildman–Crippen MR) is 81.2 cm³/mol. The Morgan fingerprint density at radius 2 is 1.94 bits per heavy atom. The summed E-state index contributed by atoms with van der Waals surface area (Å²) in [6.07, 6.45) is 2.98. The molecule has 0 spiro atoms. The van der Waals surface area contributed by atoms with Crippen molar-refractivity contribution in [3.8, 4) is 0 Å². The van der Waals surface area contributed by atoms with E-state index in [1.165, 1.54) is 22.7 Å². The third kappa shape index (κ3) is 3.51. The maximum absolute atomic E-state index is 6.26. The van der Waals surface area contributed by atoms with E-state index >= 15 is 0 Å². The van der Waals surface area contributed by atoms with Crippen LogP contribution >= 0.6 is 11.8 Å². The minimum Gasteiger partial charge on any atom is -0.324 e. The van der Waals surface area contributed by atoms with Gasteiger partial charge in [-0.05, 0) is 25.0 Å². The minimum atomic E-state index is 0.141. The van der Waals surface area contributed by atoms with E-state index in [-0.39, 0.29) is 6.04 Å². The molecule has 1 aromatic heterocycles. The van der Waals surface area contributed by atoms with E-state index in [4.69, 9.17) is 10.8 Å². The summed E-state index contributed by atoms with van der Waals surface area (Å²) in [5, 5.41) is 4.76. The number of aryl methyl sites for hydroxylation is 2. The molecule has 1 aromatic rings. The first-order chi connectivity index (χ1) is 8.69. The molecule has 3 nitrogen and oxygen atoms in total. The van der Waals surface area contributed by atoms with E-state index in [1.807, 2.05) is 11.8 Å². The van der Waals surface area contributed by atoms with Gasteiger partial charge in [0.1, 0.15) is 0 Å². The first kappa shape index (κ1) is 15.6. The minimum absolute atomic E-state index is 0.141. The van der Waals surface area contributed by atoms with Crippen LogP contribution in [-0.2, 0) is 19.4 Å². The van der Waals surface area contributed by atoms with Gasteiger partial charge in [0, 0.05) is 23.1 Å². The number of aromatic nitrogens is 2. The molecule has 4 heteroatoms. The normalized spacial score (nSPS) is 12.9. The molecular weight excluding hydrogens is 242 g/mol. The van der Waals surface area contributed by atoms with Crippen molar-refractivity contribution < 1.29 is 0 Å². The van der Waals surface area contributed by atoms with Gasteiger partial charge in [-0.3, -0.25) is 4.68 Å². The second kappa shape index (κ2) is 7.85. The van der Waals surface area contributed by atoms with Crippen molar-refractivity contribution in [3.05, 3.63) is 17.0 Å². The third-order valence-corrected chi connectivity index (χ3v) is 4.19. The maximum atomic E-state index is 6.26. The molecule has 0 amide bonds. The molecule has 0 fully saturated rings. The number of nitrogens with zero attached hydrogens (tertiary/aromatic N) is 2. The number of hydrogen-bond acceptors (Lipinski definition) is 3. The van der Waals surface area contributed by atoms with Gasteiger partial charge in [0.15, 0.2) is 0 Å². The van der Waals surface area contributed by atoms with E-state index in [0.29, 0.717) is 0 Å². The lowest BCUT2D eigenvalue weighted by atomic mass is 10.00. The molecular formula is C14H27N3S. The highest BCUT2D eigenvalue weighted by Gasteiger charge is 2.19. The lowest BCUT2D eigenvalue weighted by Gasteiger charge is -2.12. The first-order valence-corrected chi connectivity index (χ1v) is 8.26. The molecule has 0 aliphatic rings. The van der Waals surface area contributed by atoms with Gasteiger partial charge in [-0.1, -0.05) is 27.7 Å². The van der Waals surface area contributed by atoms with Gasteiger partial charge in [0.05, 0.1) is 12.2 Å². The average molecular weight is 269 g/mol. The summed E-state index contributed by atoms with van der Waals surface area (Å²) in [6.45, 7) is 9.72. The molecule has 0 bridgehead atoms. The molecule has 1 atom stereocenters. The van der Waals surface area contributed by atoms with Crippen molar-refractivity contribution in [2.24, 2.45) is 5.73 Å². The van der Waals surface area contributed by atoms with E-state index in [2.05, 4.69) is 32.4 Å². The quantitative estimate of drug-likeness (QED) is 0.737. The molecule has 0 saturated heterocycles. The molecule has 0 radical (unpaired) electrons. The molecule has 1 unspecified atom stereocenters. The lowest BCUT2D eigenvalue weighted by Crippen LogP contribution is -2.13. The van der Waals surface area contributed by atoms with Crippen LogP contribution in [0.2, 0.25) is 0 Å². The smallest absolute Gasteiger partial charge is 0.0672 e. The molecule has 104 valence electrons. The Kier molecular flexibility index (Phi) is 6.79. The van der Waals surface area contributed by atoms with E-state index in [1.54, 1.807) is 0 Å². The third-order valence-electron chi connectivity index (χ3n) is 3.31. The molecule has 1 heterocycles. The van der Waals surface area contributed by atoms with Gasteiger partial charge in [0.25, 0.3) is 0 Å². The van der Waals surface area contributed by atoms with Crippen molar-refractivity contribution in [2.75, 3.05) is 11.5 Å². The Hall–Kier alpha value is -0.480. The van der Waals surface area contributed by atoms with E-state index in [9.17, 15) is 0 Å². The van der Waals surface area contributed by atoms with Crippen LogP contribution in [0.25, 0.3) is 0 Å². The fourth-order valence-electron chi connectivity index (χ4n) is 2.31. The first-order valence-electron chi connectivity index (χ1n) is 7.11. The summed E-state index contributed by atoms with van der Waals surface area (Å²) >= 11 is 1.97. The summed E-state index contributed by atoms with van der Waals surface area (Å²) in [6, 6.07) is 0.141. The van der Waals surface area contributed by atoms with Crippen molar-refractivity contribution in [2.45, 2.75) is 59.5 Å². The van der Waals surface area contributed by atoms with Gasteiger partial charge in [-0.25, -0.2) is 0 Å². The maximum Gasteiger partial charge on any atom is 0.0672 e. The molecule has 0 saturated carbocycles. The molecule has 1 rings (SSSR count). The van der Waals surface area contributed by atoms with Crippen molar-refractivity contribution >= 4 is 11.8 Å². The van der Waals surface area contributed by atoms with Crippen LogP contribution in [-0.4, -0.2) is 21.3 Å². The van der Waals surface area contributed by atoms with E-state index < -0.39 is 0 Å². The Labute approximate surface area is 116 Å². The second-order valence-electron chi connectivity index (χ2n) is 4.45. The molecule has 0 aliphatic carbocycles. The highest BCUT2D eigenvalue weighted by molar-refractivity contribution is 7.99. The summed E-state index contributed by atoms with van der Waals surface area (Å²) in [5.41, 5.74) is 10.1. The molecule has 2 N–H and O–H groups in total. The average Bonchev–Trinajstić information content (AvgIpc) is 2.75. The molecule has 18 heavy (non-hydrogen) atoms. The predicted octanol–water partition coefficient (Wildman–Crippen LogP) is 3.17.